The minimum Gasteiger partial charge on any atom is -0.464 e. The Bertz CT molecular complexity index is 494. The molecule has 0 aliphatic carbocycles. The molecule has 0 saturated heterocycles. The normalized spacial score (nSPS) is 11.0. The molecule has 0 fully saturated rings. The third-order valence-corrected chi connectivity index (χ3v) is 3.04. The number of hydrogen-bond donors (Lipinski definition) is 1. The van der Waals surface area contributed by atoms with Gasteiger partial charge in [-0.05, 0) is 18.3 Å². The standard InChI is InChI=1S/C14H24N4O3/c1-9(2)6-7-15-11(19)8-18-13(10(3)4)12(16-17-18)14(20)21-5/h9-10H,6-8H2,1-5H3,(H,15,19). The summed E-state index contributed by atoms with van der Waals surface area (Å²) in [6.45, 7) is 8.71. The second kappa shape index (κ2) is 7.75. The highest BCUT2D eigenvalue weighted by Gasteiger charge is 2.23. The van der Waals surface area contributed by atoms with E-state index in [0.29, 0.717) is 18.2 Å². The average Bonchev–Trinajstić information content (AvgIpc) is 2.81. The molecule has 0 aliphatic heterocycles. The fourth-order valence-corrected chi connectivity index (χ4v) is 1.94. The van der Waals surface area contributed by atoms with E-state index in [2.05, 4.69) is 34.2 Å². The summed E-state index contributed by atoms with van der Waals surface area (Å²) in [6.07, 6.45) is 0.924. The highest BCUT2D eigenvalue weighted by Crippen LogP contribution is 2.18. The van der Waals surface area contributed by atoms with Crippen LogP contribution >= 0.6 is 0 Å². The van der Waals surface area contributed by atoms with Crippen LogP contribution in [0.1, 0.15) is 56.2 Å². The number of esters is 1. The monoisotopic (exact) mass is 296 g/mol. The van der Waals surface area contributed by atoms with Gasteiger partial charge in [-0.15, -0.1) is 5.10 Å². The zero-order chi connectivity index (χ0) is 16.0. The van der Waals surface area contributed by atoms with Crippen LogP contribution in [0.25, 0.3) is 0 Å². The number of carbonyl (C=O) groups is 2. The number of nitrogens with one attached hydrogen (secondary N) is 1. The van der Waals surface area contributed by atoms with Crippen LogP contribution in [-0.2, 0) is 16.1 Å². The molecule has 21 heavy (non-hydrogen) atoms. The number of methoxy groups -OCH3 is 1. The molecule has 1 aromatic rings. The van der Waals surface area contributed by atoms with E-state index in [0.717, 1.165) is 6.42 Å². The van der Waals surface area contributed by atoms with Gasteiger partial charge in [0.15, 0.2) is 5.69 Å². The first kappa shape index (κ1) is 17.1. The number of amides is 1. The SMILES string of the molecule is COC(=O)c1nnn(CC(=O)NCCC(C)C)c1C(C)C. The lowest BCUT2D eigenvalue weighted by Gasteiger charge is -2.11. The van der Waals surface area contributed by atoms with Crippen molar-refractivity contribution in [1.82, 2.24) is 20.3 Å². The van der Waals surface area contributed by atoms with Gasteiger partial charge in [-0.2, -0.15) is 0 Å². The van der Waals surface area contributed by atoms with E-state index >= 15 is 0 Å². The fourth-order valence-electron chi connectivity index (χ4n) is 1.94. The summed E-state index contributed by atoms with van der Waals surface area (Å²) in [5, 5.41) is 10.6. The lowest BCUT2D eigenvalue weighted by molar-refractivity contribution is -0.121. The molecule has 0 unspecified atom stereocenters. The average molecular weight is 296 g/mol. The van der Waals surface area contributed by atoms with E-state index in [1.807, 2.05) is 13.8 Å². The highest BCUT2D eigenvalue weighted by molar-refractivity contribution is 5.88. The second-order valence-electron chi connectivity index (χ2n) is 5.66. The zero-order valence-corrected chi connectivity index (χ0v) is 13.3. The Morgan fingerprint density at radius 1 is 1.29 bits per heavy atom. The third kappa shape index (κ3) is 4.84. The van der Waals surface area contributed by atoms with Gasteiger partial charge in [0.2, 0.25) is 5.91 Å². The van der Waals surface area contributed by atoms with E-state index in [9.17, 15) is 9.59 Å². The van der Waals surface area contributed by atoms with E-state index in [1.165, 1.54) is 11.8 Å². The fraction of sp³-hybridized carbons (Fsp3) is 0.714. The second-order valence-corrected chi connectivity index (χ2v) is 5.66. The van der Waals surface area contributed by atoms with Gasteiger partial charge < -0.3 is 10.1 Å². The summed E-state index contributed by atoms with van der Waals surface area (Å²) in [5.74, 6) is -0.129. The molecule has 7 heteroatoms. The van der Waals surface area contributed by atoms with Crippen molar-refractivity contribution in [2.24, 2.45) is 5.92 Å². The maximum absolute atomic E-state index is 11.9. The van der Waals surface area contributed by atoms with E-state index in [4.69, 9.17) is 0 Å². The minimum absolute atomic E-state index is 0.0116. The molecular weight excluding hydrogens is 272 g/mol. The molecule has 1 aromatic heterocycles. The Labute approximate surface area is 125 Å². The number of ether oxygens (including phenoxy) is 1. The van der Waals surface area contributed by atoms with Gasteiger partial charge in [-0.1, -0.05) is 32.9 Å². The molecule has 118 valence electrons. The number of hydrogen-bond acceptors (Lipinski definition) is 5. The molecule has 0 aliphatic rings. The predicted octanol–water partition coefficient (Wildman–Crippen LogP) is 1.35. The molecule has 1 rings (SSSR count). The molecule has 1 heterocycles. The van der Waals surface area contributed by atoms with Gasteiger partial charge in [-0.3, -0.25) is 4.79 Å². The maximum atomic E-state index is 11.9. The van der Waals surface area contributed by atoms with Crippen molar-refractivity contribution in [2.45, 2.75) is 46.6 Å². The van der Waals surface area contributed by atoms with Crippen LogP contribution in [0, 0.1) is 5.92 Å². The number of nitrogens with zero attached hydrogens (tertiary/aromatic N) is 3. The Hall–Kier alpha value is -1.92. The largest absolute Gasteiger partial charge is 0.464 e. The summed E-state index contributed by atoms with van der Waals surface area (Å²) < 4.78 is 6.14. The maximum Gasteiger partial charge on any atom is 0.360 e. The molecule has 0 aromatic carbocycles. The first-order chi connectivity index (χ1) is 9.86. The Morgan fingerprint density at radius 3 is 2.48 bits per heavy atom. The van der Waals surface area contributed by atoms with Crippen molar-refractivity contribution < 1.29 is 14.3 Å². The molecule has 7 nitrogen and oxygen atoms in total. The molecule has 1 N–H and O–H groups in total. The van der Waals surface area contributed by atoms with E-state index in [-0.39, 0.29) is 24.1 Å². The van der Waals surface area contributed by atoms with Crippen LogP contribution in [-0.4, -0.2) is 40.5 Å². The number of aromatic nitrogens is 3. The van der Waals surface area contributed by atoms with Crippen molar-refractivity contribution >= 4 is 11.9 Å². The van der Waals surface area contributed by atoms with E-state index < -0.39 is 5.97 Å². The molecular formula is C14H24N4O3. The van der Waals surface area contributed by atoms with Crippen LogP contribution in [0.3, 0.4) is 0 Å². The molecule has 0 spiro atoms. The molecule has 0 saturated carbocycles. The summed E-state index contributed by atoms with van der Waals surface area (Å²) in [4.78, 5) is 23.5. The summed E-state index contributed by atoms with van der Waals surface area (Å²) >= 11 is 0. The zero-order valence-electron chi connectivity index (χ0n) is 13.3. The molecule has 0 atom stereocenters. The van der Waals surface area contributed by atoms with Crippen LogP contribution in [0.4, 0.5) is 0 Å². The summed E-state index contributed by atoms with van der Waals surface area (Å²) in [5.41, 5.74) is 0.781. The first-order valence-corrected chi connectivity index (χ1v) is 7.15. The van der Waals surface area contributed by atoms with Crippen molar-refractivity contribution in [2.75, 3.05) is 13.7 Å². The van der Waals surface area contributed by atoms with Crippen LogP contribution in [0.15, 0.2) is 0 Å². The smallest absolute Gasteiger partial charge is 0.360 e. The van der Waals surface area contributed by atoms with Crippen LogP contribution in [0.2, 0.25) is 0 Å². The van der Waals surface area contributed by atoms with Gasteiger partial charge in [0, 0.05) is 6.54 Å². The van der Waals surface area contributed by atoms with Crippen LogP contribution < -0.4 is 5.32 Å². The van der Waals surface area contributed by atoms with Gasteiger partial charge >= 0.3 is 5.97 Å². The van der Waals surface area contributed by atoms with Gasteiger partial charge in [0.1, 0.15) is 6.54 Å². The topological polar surface area (TPSA) is 86.1 Å². The molecule has 0 bridgehead atoms. The minimum atomic E-state index is -0.537. The lowest BCUT2D eigenvalue weighted by atomic mass is 10.1. The van der Waals surface area contributed by atoms with Crippen molar-refractivity contribution in [1.29, 1.82) is 0 Å². The molecule has 0 radical (unpaired) electrons. The Morgan fingerprint density at radius 2 is 1.95 bits per heavy atom. The number of rotatable bonds is 7. The first-order valence-electron chi connectivity index (χ1n) is 7.15. The lowest BCUT2D eigenvalue weighted by Crippen LogP contribution is -2.30. The third-order valence-electron chi connectivity index (χ3n) is 3.04. The van der Waals surface area contributed by atoms with Gasteiger partial charge in [0.05, 0.1) is 12.8 Å². The quantitative estimate of drug-likeness (QED) is 0.768. The highest BCUT2D eigenvalue weighted by atomic mass is 16.5. The van der Waals surface area contributed by atoms with Crippen molar-refractivity contribution in [3.8, 4) is 0 Å². The molecule has 1 amide bonds. The van der Waals surface area contributed by atoms with Crippen LogP contribution in [0.5, 0.6) is 0 Å². The van der Waals surface area contributed by atoms with Crippen molar-refractivity contribution in [3.63, 3.8) is 0 Å². The number of carbonyl (C=O) groups excluding carboxylic acids is 2. The van der Waals surface area contributed by atoms with Gasteiger partial charge in [-0.25, -0.2) is 9.48 Å². The summed E-state index contributed by atoms with van der Waals surface area (Å²) in [7, 11) is 1.30. The van der Waals surface area contributed by atoms with Gasteiger partial charge in [0.25, 0.3) is 0 Å². The van der Waals surface area contributed by atoms with E-state index in [1.54, 1.807) is 0 Å². The Kier molecular flexibility index (Phi) is 6.33. The Balaban J connectivity index is 2.77. The summed E-state index contributed by atoms with van der Waals surface area (Å²) in [6, 6.07) is 0. The predicted molar refractivity (Wildman–Crippen MR) is 77.9 cm³/mol. The van der Waals surface area contributed by atoms with Crippen molar-refractivity contribution in [3.05, 3.63) is 11.4 Å².